The monoisotopic (exact) mass is 286 g/mol. The van der Waals surface area contributed by atoms with Crippen molar-refractivity contribution >= 4 is 0 Å². The van der Waals surface area contributed by atoms with Crippen molar-refractivity contribution in [2.75, 3.05) is 7.05 Å². The summed E-state index contributed by atoms with van der Waals surface area (Å²) in [6.45, 7) is 2.13. The zero-order valence-corrected chi connectivity index (χ0v) is 13.5. The summed E-state index contributed by atoms with van der Waals surface area (Å²) in [5.41, 5.74) is 2.91. The maximum atomic E-state index is 3.61. The average molecular weight is 286 g/mol. The highest BCUT2D eigenvalue weighted by molar-refractivity contribution is 5.23. The van der Waals surface area contributed by atoms with Gasteiger partial charge in [0.15, 0.2) is 0 Å². The molecule has 1 aromatic rings. The summed E-state index contributed by atoms with van der Waals surface area (Å²) >= 11 is 0. The van der Waals surface area contributed by atoms with Gasteiger partial charge in [-0.2, -0.15) is 0 Å². The van der Waals surface area contributed by atoms with E-state index in [9.17, 15) is 0 Å². The molecular formula is C19H30N2. The van der Waals surface area contributed by atoms with Crippen LogP contribution in [0.15, 0.2) is 24.3 Å². The Labute approximate surface area is 129 Å². The van der Waals surface area contributed by atoms with Crippen LogP contribution in [-0.2, 0) is 13.1 Å². The molecule has 0 aliphatic heterocycles. The molecular weight excluding hydrogens is 256 g/mol. The van der Waals surface area contributed by atoms with Crippen molar-refractivity contribution in [3.8, 4) is 0 Å². The quantitative estimate of drug-likeness (QED) is 0.792. The Morgan fingerprint density at radius 3 is 2.43 bits per heavy atom. The summed E-state index contributed by atoms with van der Waals surface area (Å²) in [5.74, 6) is 0. The SMILES string of the molecule is CN(Cc1cccc(CNC2CC2)c1)C1CCCCCC1. The van der Waals surface area contributed by atoms with Gasteiger partial charge in [0.1, 0.15) is 0 Å². The first-order valence-electron chi connectivity index (χ1n) is 8.83. The molecule has 1 aromatic carbocycles. The number of nitrogens with one attached hydrogen (secondary N) is 1. The van der Waals surface area contributed by atoms with Gasteiger partial charge in [-0.3, -0.25) is 4.90 Å². The molecule has 0 amide bonds. The van der Waals surface area contributed by atoms with Gasteiger partial charge < -0.3 is 5.32 Å². The van der Waals surface area contributed by atoms with E-state index < -0.39 is 0 Å². The molecule has 2 aliphatic rings. The summed E-state index contributed by atoms with van der Waals surface area (Å²) in [6.07, 6.45) is 11.2. The lowest BCUT2D eigenvalue weighted by Crippen LogP contribution is -2.30. The predicted molar refractivity (Wildman–Crippen MR) is 89.3 cm³/mol. The molecule has 2 saturated carbocycles. The number of hydrogen-bond acceptors (Lipinski definition) is 2. The molecule has 0 radical (unpaired) electrons. The standard InChI is InChI=1S/C19H30N2/c1-21(19-9-4-2-3-5-10-19)15-17-8-6-7-16(13-17)14-20-18-11-12-18/h6-8,13,18-20H,2-5,9-12,14-15H2,1H3. The second-order valence-corrected chi connectivity index (χ2v) is 7.04. The van der Waals surface area contributed by atoms with Crippen LogP contribution in [0.5, 0.6) is 0 Å². The minimum Gasteiger partial charge on any atom is -0.310 e. The maximum absolute atomic E-state index is 3.61. The van der Waals surface area contributed by atoms with Gasteiger partial charge in [-0.15, -0.1) is 0 Å². The summed E-state index contributed by atoms with van der Waals surface area (Å²) < 4.78 is 0. The highest BCUT2D eigenvalue weighted by Gasteiger charge is 2.20. The highest BCUT2D eigenvalue weighted by atomic mass is 15.1. The van der Waals surface area contributed by atoms with Crippen molar-refractivity contribution in [3.63, 3.8) is 0 Å². The van der Waals surface area contributed by atoms with Gasteiger partial charge in [-0.25, -0.2) is 0 Å². The van der Waals surface area contributed by atoms with Gasteiger partial charge in [0.05, 0.1) is 0 Å². The number of nitrogens with zero attached hydrogens (tertiary/aromatic N) is 1. The van der Waals surface area contributed by atoms with E-state index in [4.69, 9.17) is 0 Å². The molecule has 2 heteroatoms. The van der Waals surface area contributed by atoms with Crippen LogP contribution >= 0.6 is 0 Å². The normalized spacial score (nSPS) is 20.7. The average Bonchev–Trinajstić information content (AvgIpc) is 3.32. The third-order valence-corrected chi connectivity index (χ3v) is 5.04. The van der Waals surface area contributed by atoms with Crippen LogP contribution < -0.4 is 5.32 Å². The Morgan fingerprint density at radius 2 is 1.71 bits per heavy atom. The molecule has 2 aliphatic carbocycles. The molecule has 0 spiro atoms. The van der Waals surface area contributed by atoms with Gasteiger partial charge in [0, 0.05) is 25.2 Å². The van der Waals surface area contributed by atoms with Crippen molar-refractivity contribution in [2.45, 2.75) is 76.5 Å². The third kappa shape index (κ3) is 4.82. The topological polar surface area (TPSA) is 15.3 Å². The van der Waals surface area contributed by atoms with Crippen LogP contribution in [0.4, 0.5) is 0 Å². The first-order chi connectivity index (χ1) is 10.3. The lowest BCUT2D eigenvalue weighted by Gasteiger charge is -2.27. The van der Waals surface area contributed by atoms with Crippen molar-refractivity contribution in [1.82, 2.24) is 10.2 Å². The van der Waals surface area contributed by atoms with Gasteiger partial charge in [-0.1, -0.05) is 49.9 Å². The number of hydrogen-bond donors (Lipinski definition) is 1. The summed E-state index contributed by atoms with van der Waals surface area (Å²) in [4.78, 5) is 2.58. The minimum absolute atomic E-state index is 0.792. The molecule has 1 N–H and O–H groups in total. The maximum Gasteiger partial charge on any atom is 0.0233 e. The van der Waals surface area contributed by atoms with Crippen molar-refractivity contribution in [3.05, 3.63) is 35.4 Å². The van der Waals surface area contributed by atoms with Crippen LogP contribution in [0.3, 0.4) is 0 Å². The van der Waals surface area contributed by atoms with Crippen LogP contribution in [0, 0.1) is 0 Å². The molecule has 2 nitrogen and oxygen atoms in total. The van der Waals surface area contributed by atoms with E-state index in [-0.39, 0.29) is 0 Å². The lowest BCUT2D eigenvalue weighted by molar-refractivity contribution is 0.213. The molecule has 2 fully saturated rings. The molecule has 0 unspecified atom stereocenters. The highest BCUT2D eigenvalue weighted by Crippen LogP contribution is 2.23. The van der Waals surface area contributed by atoms with E-state index in [2.05, 4.69) is 41.5 Å². The van der Waals surface area contributed by atoms with Gasteiger partial charge in [0.2, 0.25) is 0 Å². The van der Waals surface area contributed by atoms with E-state index in [1.54, 1.807) is 0 Å². The second kappa shape index (κ2) is 7.42. The largest absolute Gasteiger partial charge is 0.310 e. The first kappa shape index (κ1) is 15.1. The summed E-state index contributed by atoms with van der Waals surface area (Å²) in [7, 11) is 2.31. The van der Waals surface area contributed by atoms with Crippen LogP contribution in [0.1, 0.15) is 62.5 Å². The fourth-order valence-corrected chi connectivity index (χ4v) is 3.50. The zero-order valence-electron chi connectivity index (χ0n) is 13.5. The lowest BCUT2D eigenvalue weighted by atomic mass is 10.1. The third-order valence-electron chi connectivity index (χ3n) is 5.04. The van der Waals surface area contributed by atoms with Crippen LogP contribution in [0.25, 0.3) is 0 Å². The second-order valence-electron chi connectivity index (χ2n) is 7.04. The minimum atomic E-state index is 0.792. The molecule has 0 aromatic heterocycles. The summed E-state index contributed by atoms with van der Waals surface area (Å²) in [5, 5.41) is 3.61. The van der Waals surface area contributed by atoms with Gasteiger partial charge in [-0.05, 0) is 43.9 Å². The first-order valence-corrected chi connectivity index (χ1v) is 8.83. The number of rotatable bonds is 6. The predicted octanol–water partition coefficient (Wildman–Crippen LogP) is 4.09. The molecule has 0 atom stereocenters. The molecule has 21 heavy (non-hydrogen) atoms. The van der Waals surface area contributed by atoms with Crippen molar-refractivity contribution in [2.24, 2.45) is 0 Å². The van der Waals surface area contributed by atoms with E-state index >= 15 is 0 Å². The number of benzene rings is 1. The van der Waals surface area contributed by atoms with Crippen LogP contribution in [-0.4, -0.2) is 24.0 Å². The van der Waals surface area contributed by atoms with E-state index in [0.717, 1.165) is 25.2 Å². The van der Waals surface area contributed by atoms with Crippen LogP contribution in [0.2, 0.25) is 0 Å². The Bertz CT molecular complexity index is 431. The molecule has 116 valence electrons. The Kier molecular flexibility index (Phi) is 5.32. The molecule has 0 heterocycles. The molecule has 0 bridgehead atoms. The smallest absolute Gasteiger partial charge is 0.0233 e. The van der Waals surface area contributed by atoms with E-state index in [0.29, 0.717) is 0 Å². The van der Waals surface area contributed by atoms with E-state index in [1.807, 2.05) is 0 Å². The van der Waals surface area contributed by atoms with Gasteiger partial charge >= 0.3 is 0 Å². The fraction of sp³-hybridized carbons (Fsp3) is 0.684. The van der Waals surface area contributed by atoms with E-state index in [1.165, 1.54) is 62.5 Å². The molecule has 3 rings (SSSR count). The Morgan fingerprint density at radius 1 is 1.00 bits per heavy atom. The zero-order chi connectivity index (χ0) is 14.5. The summed E-state index contributed by atoms with van der Waals surface area (Å²) in [6, 6.07) is 10.7. The van der Waals surface area contributed by atoms with Crippen molar-refractivity contribution in [1.29, 1.82) is 0 Å². The fourth-order valence-electron chi connectivity index (χ4n) is 3.50. The Balaban J connectivity index is 1.53. The molecule has 0 saturated heterocycles. The van der Waals surface area contributed by atoms with Gasteiger partial charge in [0.25, 0.3) is 0 Å². The van der Waals surface area contributed by atoms with Crippen molar-refractivity contribution < 1.29 is 0 Å². The Hall–Kier alpha value is -0.860.